The average Bonchev–Trinajstić information content (AvgIpc) is 2.73. The van der Waals surface area contributed by atoms with Gasteiger partial charge in [0, 0.05) is 6.42 Å². The van der Waals surface area contributed by atoms with Gasteiger partial charge >= 0.3 is 0 Å². The zero-order valence-corrected chi connectivity index (χ0v) is 18.8. The molecule has 2 heteroatoms. The van der Waals surface area contributed by atoms with E-state index < -0.39 is 7.26 Å². The van der Waals surface area contributed by atoms with Crippen LogP contribution in [0.4, 0.5) is 0 Å². The lowest BCUT2D eigenvalue weighted by Gasteiger charge is -2.27. The van der Waals surface area contributed by atoms with Crippen molar-refractivity contribution >= 4 is 23.2 Å². The average molecular weight is 484 g/mol. The summed E-state index contributed by atoms with van der Waals surface area (Å²) in [5.41, 5.74) is 0. The van der Waals surface area contributed by atoms with Crippen LogP contribution >= 0.6 is 7.26 Å². The van der Waals surface area contributed by atoms with Crippen LogP contribution in [-0.2, 0) is 0 Å². The molecule has 0 nitrogen and oxygen atoms in total. The third-order valence-corrected chi connectivity index (χ3v) is 9.13. The molecule has 0 heterocycles. The molecule has 0 fully saturated rings. The van der Waals surface area contributed by atoms with Crippen LogP contribution in [-0.4, -0.2) is 6.16 Å². The Hall–Kier alpha value is -1.70. The summed E-state index contributed by atoms with van der Waals surface area (Å²) >= 11 is 0. The van der Waals surface area contributed by atoms with Gasteiger partial charge in [-0.1, -0.05) is 78.9 Å². The molecule has 3 rings (SSSR count). The first-order valence-corrected chi connectivity index (χ1v) is 11.2. The highest BCUT2D eigenvalue weighted by Gasteiger charge is 2.44. The molecule has 27 heavy (non-hydrogen) atoms. The van der Waals surface area contributed by atoms with E-state index in [9.17, 15) is 0 Å². The van der Waals surface area contributed by atoms with Crippen LogP contribution in [0.2, 0.25) is 0 Å². The molecular weight excluding hydrogens is 458 g/mol. The monoisotopic (exact) mass is 484 g/mol. The summed E-state index contributed by atoms with van der Waals surface area (Å²) in [7, 11) is -1.68. The smallest absolute Gasteiger partial charge is 0.112 e. The van der Waals surface area contributed by atoms with Crippen molar-refractivity contribution in [1.82, 2.24) is 0 Å². The lowest BCUT2D eigenvalue weighted by molar-refractivity contribution is -0.00000509. The summed E-state index contributed by atoms with van der Waals surface area (Å²) in [4.78, 5) is 0. The Morgan fingerprint density at radius 1 is 0.630 bits per heavy atom. The van der Waals surface area contributed by atoms with Gasteiger partial charge in [0.2, 0.25) is 0 Å². The van der Waals surface area contributed by atoms with E-state index in [1.807, 2.05) is 0 Å². The molecule has 0 aliphatic carbocycles. The summed E-state index contributed by atoms with van der Waals surface area (Å²) in [6.45, 7) is 2.06. The summed E-state index contributed by atoms with van der Waals surface area (Å²) in [5.74, 6) is 0. The molecule has 3 aromatic rings. The van der Waals surface area contributed by atoms with Crippen molar-refractivity contribution < 1.29 is 24.0 Å². The molecule has 0 radical (unpaired) electrons. The molecule has 0 aliphatic rings. The van der Waals surface area contributed by atoms with Crippen molar-refractivity contribution in [3.8, 4) is 0 Å². The Morgan fingerprint density at radius 3 is 1.41 bits per heavy atom. The predicted molar refractivity (Wildman–Crippen MR) is 119 cm³/mol. The number of hydrogen-bond donors (Lipinski definition) is 0. The first kappa shape index (κ1) is 21.6. The van der Waals surface area contributed by atoms with Crippen molar-refractivity contribution in [1.29, 1.82) is 0 Å². The van der Waals surface area contributed by atoms with Crippen LogP contribution in [0.5, 0.6) is 0 Å². The number of hydrogen-bond acceptors (Lipinski definition) is 0. The Kier molecular flexibility index (Phi) is 8.97. The van der Waals surface area contributed by atoms with Gasteiger partial charge in [-0.3, -0.25) is 0 Å². The molecule has 0 bridgehead atoms. The third kappa shape index (κ3) is 5.18. The van der Waals surface area contributed by atoms with E-state index in [0.717, 1.165) is 12.6 Å². The van der Waals surface area contributed by atoms with E-state index in [0.29, 0.717) is 0 Å². The highest BCUT2D eigenvalue weighted by atomic mass is 127. The SMILES string of the molecule is C/C=C/C=C/CC[P+](c1ccccc1)(c1ccccc1)c1ccccc1.[I-]. The highest BCUT2D eigenvalue weighted by Crippen LogP contribution is 2.55. The summed E-state index contributed by atoms with van der Waals surface area (Å²) < 4.78 is 0. The standard InChI is InChI=1S/C25H26P.HI/c1-2-3-4-5-15-22-26(23-16-9-6-10-17-23,24-18-11-7-12-19-24)25-20-13-8-14-21-25;/h2-14,16-21H,15,22H2,1H3;1H/q+1;/p-1/b3-2+,5-4+;. The summed E-state index contributed by atoms with van der Waals surface area (Å²) in [6, 6.07) is 33.2. The Morgan fingerprint density at radius 2 is 1.04 bits per heavy atom. The van der Waals surface area contributed by atoms with Crippen molar-refractivity contribution in [2.45, 2.75) is 13.3 Å². The van der Waals surface area contributed by atoms with Gasteiger partial charge in [0.1, 0.15) is 23.2 Å². The fourth-order valence-electron chi connectivity index (χ4n) is 3.44. The van der Waals surface area contributed by atoms with Gasteiger partial charge in [-0.15, -0.1) is 0 Å². The quantitative estimate of drug-likeness (QED) is 0.275. The molecule has 3 aromatic carbocycles. The normalized spacial score (nSPS) is 11.6. The topological polar surface area (TPSA) is 0 Å². The second-order valence-electron chi connectivity index (χ2n) is 6.28. The number of halogens is 1. The van der Waals surface area contributed by atoms with Crippen LogP contribution in [0, 0.1) is 0 Å². The van der Waals surface area contributed by atoms with Crippen LogP contribution in [0.3, 0.4) is 0 Å². The van der Waals surface area contributed by atoms with Crippen LogP contribution in [0.15, 0.2) is 115 Å². The Labute approximate surface area is 181 Å². The highest BCUT2D eigenvalue weighted by molar-refractivity contribution is 7.95. The summed E-state index contributed by atoms with van der Waals surface area (Å²) in [5, 5.41) is 4.37. The molecule has 0 aromatic heterocycles. The Bertz CT molecular complexity index is 743. The molecule has 0 spiro atoms. The van der Waals surface area contributed by atoms with Crippen LogP contribution < -0.4 is 39.9 Å². The Balaban J connectivity index is 0.00000261. The molecule has 138 valence electrons. The van der Waals surface area contributed by atoms with Crippen molar-refractivity contribution in [3.63, 3.8) is 0 Å². The first-order valence-electron chi connectivity index (χ1n) is 9.20. The molecule has 0 N–H and O–H groups in total. The second kappa shape index (κ2) is 11.2. The van der Waals surface area contributed by atoms with Gasteiger partial charge in [-0.2, -0.15) is 0 Å². The molecular formula is C25H26IP. The third-order valence-electron chi connectivity index (χ3n) is 4.66. The maximum atomic E-state index is 2.31. The number of allylic oxidation sites excluding steroid dienone is 4. The van der Waals surface area contributed by atoms with E-state index in [2.05, 4.69) is 122 Å². The van der Waals surface area contributed by atoms with Gasteiger partial charge < -0.3 is 24.0 Å². The summed E-state index contributed by atoms with van der Waals surface area (Å²) in [6.07, 6.45) is 10.8. The van der Waals surface area contributed by atoms with E-state index >= 15 is 0 Å². The van der Waals surface area contributed by atoms with Crippen molar-refractivity contribution in [2.24, 2.45) is 0 Å². The van der Waals surface area contributed by atoms with Gasteiger partial charge in [-0.05, 0) is 43.3 Å². The lowest BCUT2D eigenvalue weighted by Crippen LogP contribution is -3.00. The largest absolute Gasteiger partial charge is 1.00 e. The minimum Gasteiger partial charge on any atom is -1.00 e. The zero-order valence-electron chi connectivity index (χ0n) is 15.7. The molecule has 0 aliphatic heterocycles. The van der Waals surface area contributed by atoms with E-state index in [1.54, 1.807) is 0 Å². The fraction of sp³-hybridized carbons (Fsp3) is 0.120. The molecule has 0 saturated carbocycles. The minimum absolute atomic E-state index is 0. The minimum atomic E-state index is -1.68. The molecule has 0 atom stereocenters. The van der Waals surface area contributed by atoms with Gasteiger partial charge in [0.15, 0.2) is 0 Å². The van der Waals surface area contributed by atoms with Crippen molar-refractivity contribution in [3.05, 3.63) is 115 Å². The second-order valence-corrected chi connectivity index (χ2v) is 9.90. The van der Waals surface area contributed by atoms with Crippen LogP contribution in [0.25, 0.3) is 0 Å². The maximum Gasteiger partial charge on any atom is 0.112 e. The van der Waals surface area contributed by atoms with Gasteiger partial charge in [0.25, 0.3) is 0 Å². The fourth-order valence-corrected chi connectivity index (χ4v) is 7.68. The van der Waals surface area contributed by atoms with Gasteiger partial charge in [0.05, 0.1) is 6.16 Å². The molecule has 0 unspecified atom stereocenters. The van der Waals surface area contributed by atoms with E-state index in [1.165, 1.54) is 15.9 Å². The molecule has 0 amide bonds. The lowest BCUT2D eigenvalue weighted by atomic mass is 10.3. The van der Waals surface area contributed by atoms with E-state index in [-0.39, 0.29) is 24.0 Å². The zero-order chi connectivity index (χ0) is 18.1. The number of benzene rings is 3. The molecule has 0 saturated heterocycles. The van der Waals surface area contributed by atoms with E-state index in [4.69, 9.17) is 0 Å². The maximum absolute atomic E-state index is 2.31. The number of rotatable bonds is 7. The van der Waals surface area contributed by atoms with Gasteiger partial charge in [-0.25, -0.2) is 0 Å². The predicted octanol–water partition coefficient (Wildman–Crippen LogP) is 2.51. The van der Waals surface area contributed by atoms with Crippen molar-refractivity contribution in [2.75, 3.05) is 6.16 Å². The van der Waals surface area contributed by atoms with Crippen LogP contribution in [0.1, 0.15) is 13.3 Å². The first-order chi connectivity index (χ1) is 12.9.